The van der Waals surface area contributed by atoms with Crippen molar-refractivity contribution < 1.29 is 44.9 Å². The van der Waals surface area contributed by atoms with Crippen LogP contribution in [0.25, 0.3) is 166 Å². The van der Waals surface area contributed by atoms with E-state index in [1.807, 2.05) is 98.6 Å². The third-order valence-electron chi connectivity index (χ3n) is 22.5. The molecular formula is C100H95N10O5+5. The van der Waals surface area contributed by atoms with Crippen molar-refractivity contribution in [2.24, 2.45) is 35.2 Å². The zero-order valence-electron chi connectivity index (χ0n) is 68.1. The number of para-hydroxylation sites is 2. The minimum absolute atomic E-state index is 0.837. The van der Waals surface area contributed by atoms with Gasteiger partial charge in [-0.3, -0.25) is 24.9 Å². The minimum atomic E-state index is 0.837. The highest BCUT2D eigenvalue weighted by Gasteiger charge is 2.28. The van der Waals surface area contributed by atoms with Crippen LogP contribution >= 0.6 is 0 Å². The Morgan fingerprint density at radius 3 is 1.17 bits per heavy atom. The van der Waals surface area contributed by atoms with Crippen molar-refractivity contribution in [1.82, 2.24) is 24.9 Å². The molecule has 0 amide bonds. The monoisotopic (exact) mass is 1520 g/mol. The van der Waals surface area contributed by atoms with Gasteiger partial charge in [-0.15, -0.1) is 0 Å². The molecule has 0 fully saturated rings. The smallest absolute Gasteiger partial charge is 0.218 e. The van der Waals surface area contributed by atoms with E-state index in [4.69, 9.17) is 22.1 Å². The molecule has 115 heavy (non-hydrogen) atoms. The van der Waals surface area contributed by atoms with Gasteiger partial charge in [0.05, 0.1) is 34.1 Å². The van der Waals surface area contributed by atoms with Gasteiger partial charge in [0.2, 0.25) is 28.5 Å². The maximum atomic E-state index is 6.19. The van der Waals surface area contributed by atoms with Crippen LogP contribution in [0.1, 0.15) is 90.4 Å². The van der Waals surface area contributed by atoms with E-state index in [9.17, 15) is 0 Å². The van der Waals surface area contributed by atoms with Crippen molar-refractivity contribution in [2.75, 3.05) is 0 Å². The first-order valence-corrected chi connectivity index (χ1v) is 39.7. The van der Waals surface area contributed by atoms with Crippen molar-refractivity contribution in [3.63, 3.8) is 0 Å². The highest BCUT2D eigenvalue weighted by Crippen LogP contribution is 2.42. The third kappa shape index (κ3) is 14.3. The predicted octanol–water partition coefficient (Wildman–Crippen LogP) is 21.7. The van der Waals surface area contributed by atoms with Gasteiger partial charge in [0.1, 0.15) is 79.8 Å². The number of aryl methyl sites for hydroxylation is 15. The average molecular weight is 1520 g/mol. The fraction of sp³-hybridized carbons (Fsp3) is 0.200. The molecule has 0 N–H and O–H groups in total. The largest absolute Gasteiger partial charge is 0.455 e. The van der Waals surface area contributed by atoms with Gasteiger partial charge in [0, 0.05) is 141 Å². The van der Waals surface area contributed by atoms with Gasteiger partial charge in [-0.2, -0.15) is 0 Å². The van der Waals surface area contributed by atoms with Crippen LogP contribution in [0.15, 0.2) is 266 Å². The number of rotatable bonds is 10. The highest BCUT2D eigenvalue weighted by atomic mass is 16.3. The molecule has 570 valence electrons. The Morgan fingerprint density at radius 1 is 0.261 bits per heavy atom. The zero-order valence-corrected chi connectivity index (χ0v) is 68.1. The van der Waals surface area contributed by atoms with E-state index in [0.29, 0.717) is 0 Å². The fourth-order valence-electron chi connectivity index (χ4n) is 15.8. The summed E-state index contributed by atoms with van der Waals surface area (Å²) in [5.41, 5.74) is 34.7. The van der Waals surface area contributed by atoms with Crippen LogP contribution in [0.4, 0.5) is 0 Å². The predicted molar refractivity (Wildman–Crippen MR) is 461 cm³/mol. The first-order chi connectivity index (χ1) is 55.9. The van der Waals surface area contributed by atoms with E-state index in [2.05, 4.69) is 285 Å². The Morgan fingerprint density at radius 2 is 0.643 bits per heavy atom. The molecule has 0 bridgehead atoms. The lowest BCUT2D eigenvalue weighted by Crippen LogP contribution is -2.30. The molecule has 15 aromatic heterocycles. The van der Waals surface area contributed by atoms with Crippen molar-refractivity contribution in [3.05, 3.63) is 300 Å². The second kappa shape index (κ2) is 32.0. The molecule has 0 unspecified atom stereocenters. The molecule has 20 aromatic rings. The molecule has 0 aliphatic rings. The van der Waals surface area contributed by atoms with Gasteiger partial charge in [0.25, 0.3) is 0 Å². The summed E-state index contributed by atoms with van der Waals surface area (Å²) in [6.07, 6.45) is 28.6. The Hall–Kier alpha value is -13.4. The van der Waals surface area contributed by atoms with E-state index in [-0.39, 0.29) is 0 Å². The molecule has 0 saturated carbocycles. The van der Waals surface area contributed by atoms with Crippen LogP contribution < -0.4 is 22.8 Å². The summed E-state index contributed by atoms with van der Waals surface area (Å²) in [4.78, 5) is 22.2. The third-order valence-corrected chi connectivity index (χ3v) is 22.5. The molecule has 15 nitrogen and oxygen atoms in total. The summed E-state index contributed by atoms with van der Waals surface area (Å²) in [6.45, 7) is 21.4. The average Bonchev–Trinajstić information content (AvgIpc) is 1.65. The van der Waals surface area contributed by atoms with Gasteiger partial charge >= 0.3 is 0 Å². The van der Waals surface area contributed by atoms with Crippen molar-refractivity contribution >= 4 is 110 Å². The van der Waals surface area contributed by atoms with E-state index >= 15 is 0 Å². The fourth-order valence-corrected chi connectivity index (χ4v) is 15.8. The summed E-state index contributed by atoms with van der Waals surface area (Å²) >= 11 is 0. The quantitative estimate of drug-likeness (QED) is 0.121. The van der Waals surface area contributed by atoms with Crippen LogP contribution in [0, 0.1) is 34.6 Å². The Kier molecular flexibility index (Phi) is 21.0. The number of nitrogens with zero attached hydrogens (tertiary/aromatic N) is 10. The lowest BCUT2D eigenvalue weighted by molar-refractivity contribution is -0.660. The second-order valence-electron chi connectivity index (χ2n) is 29.9. The molecule has 20 rings (SSSR count). The number of hydrogen-bond donors (Lipinski definition) is 0. The Bertz CT molecular complexity index is 6140. The minimum Gasteiger partial charge on any atom is -0.455 e. The lowest BCUT2D eigenvalue weighted by Gasteiger charge is -2.06. The van der Waals surface area contributed by atoms with E-state index < -0.39 is 0 Å². The summed E-state index contributed by atoms with van der Waals surface area (Å²) in [6, 6.07) is 59.0. The molecule has 0 saturated heterocycles. The molecule has 15 heterocycles. The number of benzene rings is 5. The van der Waals surface area contributed by atoms with Crippen molar-refractivity contribution in [2.45, 2.75) is 101 Å². The second-order valence-corrected chi connectivity index (χ2v) is 29.9. The van der Waals surface area contributed by atoms with Gasteiger partial charge in [-0.25, -0.2) is 22.8 Å². The van der Waals surface area contributed by atoms with E-state index in [0.717, 1.165) is 193 Å². The first-order valence-electron chi connectivity index (χ1n) is 39.7. The normalized spacial score (nSPS) is 11.4. The molecule has 0 atom stereocenters. The van der Waals surface area contributed by atoms with Gasteiger partial charge in [-0.1, -0.05) is 95.3 Å². The zero-order chi connectivity index (χ0) is 79.9. The SMILES string of the molecule is CCc1cc[n+](C)c(-c2c(C)ccc3c2oc2cccnc23)c1.CCc1cc[n+](C)c(-c2c(C)ccc3c2oc2ccncc23)c1.CCc1cc[n+](C)c(-c2c(C)ccc3c2oc2cnccc23)c1.CCc1cc[n+](C)c(-c2c(C)cnc3c2oc2ccccc23)c1.CCc1cc[n+](C)c(-c2c(C)ncc3c2oc2ccccc23)c1. The maximum Gasteiger partial charge on any atom is 0.218 e. The molecule has 0 radical (unpaired) electrons. The number of fused-ring (bicyclic) bond motifs is 15. The summed E-state index contributed by atoms with van der Waals surface area (Å²) in [7, 11) is 10.4. The summed E-state index contributed by atoms with van der Waals surface area (Å²) < 4.78 is 41.7. The molecule has 0 aliphatic carbocycles. The van der Waals surface area contributed by atoms with Crippen molar-refractivity contribution in [3.8, 4) is 56.3 Å². The lowest BCUT2D eigenvalue weighted by atomic mass is 9.99. The van der Waals surface area contributed by atoms with Crippen molar-refractivity contribution in [1.29, 1.82) is 0 Å². The summed E-state index contributed by atoms with van der Waals surface area (Å²) in [5.74, 6) is 0. The van der Waals surface area contributed by atoms with Gasteiger partial charge in [-0.05, 0) is 165 Å². The van der Waals surface area contributed by atoms with Crippen LogP contribution in [0.5, 0.6) is 0 Å². The Balaban J connectivity index is 0.000000108. The van der Waals surface area contributed by atoms with Crippen LogP contribution in [0.2, 0.25) is 0 Å². The molecule has 5 aromatic carbocycles. The number of aromatic nitrogens is 10. The van der Waals surface area contributed by atoms with E-state index in [1.54, 1.807) is 12.4 Å². The number of hydrogen-bond acceptors (Lipinski definition) is 10. The van der Waals surface area contributed by atoms with Gasteiger partial charge in [0.15, 0.2) is 58.9 Å². The molecule has 0 aliphatic heterocycles. The van der Waals surface area contributed by atoms with Crippen LogP contribution in [-0.4, -0.2) is 24.9 Å². The van der Waals surface area contributed by atoms with Crippen LogP contribution in [-0.2, 0) is 67.3 Å². The van der Waals surface area contributed by atoms with E-state index in [1.165, 1.54) is 61.6 Å². The standard InChI is InChI=1S/5C20H19N2O/c1-4-14-8-10-22(3)17(11-14)19-13(2)5-6-16-15-7-9-21-12-18(15)23-20(16)19;1-4-14-8-10-22(3)17(11-14)19-13(2)5-6-15-16-12-21-9-7-18(16)23-20(15)19;1-4-14-9-11-22(3)16(12-14)18-13(2)7-8-15-19-17(23-20(15)18)6-5-10-21-19;1-4-14-9-10-22(3)17(11-14)19-13(2)21-12-16-15-7-5-6-8-18(15)23-20(16)19;1-4-14-9-10-22(3)16(11-14)18-13(2)12-21-19-15-7-5-6-8-17(15)23-20(18)19/h5*5-12H,4H2,1-3H3/q5*+1. The molecule has 15 heteroatoms. The Labute approximate surface area is 668 Å². The highest BCUT2D eigenvalue weighted by molar-refractivity contribution is 6.13. The maximum absolute atomic E-state index is 6.19. The van der Waals surface area contributed by atoms with Crippen LogP contribution in [0.3, 0.4) is 0 Å². The summed E-state index contributed by atoms with van der Waals surface area (Å²) in [5, 5.41) is 8.78. The molecular weight excluding hydrogens is 1420 g/mol. The molecule has 0 spiro atoms. The number of furan rings is 5. The topological polar surface area (TPSA) is 150 Å². The number of pyridine rings is 10. The first kappa shape index (κ1) is 75.6. The van der Waals surface area contributed by atoms with Gasteiger partial charge < -0.3 is 22.1 Å².